The number of allylic oxidation sites excluding steroid dienone is 2. The number of hydrogen-bond donors (Lipinski definition) is 1. The van der Waals surface area contributed by atoms with Crippen LogP contribution in [-0.4, -0.2) is 11.7 Å². The molecular formula is C13H26O. The standard InChI is InChI=1S/C13H26O/c1-2-3-4-5-6-7-8-9-10-11-12-13-14/h7-8,14H,2-6,9-13H2,1H3/b8-7+. The van der Waals surface area contributed by atoms with Gasteiger partial charge in [-0.3, -0.25) is 0 Å². The van der Waals surface area contributed by atoms with Gasteiger partial charge in [0.25, 0.3) is 0 Å². The maximum Gasteiger partial charge on any atom is 0.0431 e. The van der Waals surface area contributed by atoms with Crippen LogP contribution in [0.1, 0.15) is 64.7 Å². The van der Waals surface area contributed by atoms with Gasteiger partial charge in [0.15, 0.2) is 0 Å². The maximum atomic E-state index is 8.57. The topological polar surface area (TPSA) is 20.2 Å². The van der Waals surface area contributed by atoms with Crippen molar-refractivity contribution in [1.29, 1.82) is 0 Å². The summed E-state index contributed by atoms with van der Waals surface area (Å²) in [7, 11) is 0. The zero-order chi connectivity index (χ0) is 10.5. The fourth-order valence-corrected chi connectivity index (χ4v) is 1.48. The van der Waals surface area contributed by atoms with Gasteiger partial charge in [0, 0.05) is 6.61 Å². The second-order valence-corrected chi connectivity index (χ2v) is 3.89. The molecule has 1 heteroatoms. The fourth-order valence-electron chi connectivity index (χ4n) is 1.48. The molecule has 0 rings (SSSR count). The first-order valence-corrected chi connectivity index (χ1v) is 6.17. The molecule has 14 heavy (non-hydrogen) atoms. The SMILES string of the molecule is CCCCCC/C=C/CCCCCO. The zero-order valence-electron chi connectivity index (χ0n) is 9.67. The lowest BCUT2D eigenvalue weighted by molar-refractivity contribution is 0.283. The van der Waals surface area contributed by atoms with Gasteiger partial charge in [-0.25, -0.2) is 0 Å². The largest absolute Gasteiger partial charge is 0.396 e. The Balaban J connectivity index is 2.96. The van der Waals surface area contributed by atoms with Crippen molar-refractivity contribution in [2.45, 2.75) is 64.7 Å². The number of aliphatic hydroxyl groups is 1. The van der Waals surface area contributed by atoms with Crippen molar-refractivity contribution in [1.82, 2.24) is 0 Å². The van der Waals surface area contributed by atoms with Crippen LogP contribution >= 0.6 is 0 Å². The van der Waals surface area contributed by atoms with Gasteiger partial charge in [-0.05, 0) is 32.1 Å². The van der Waals surface area contributed by atoms with Crippen LogP contribution in [0, 0.1) is 0 Å². The van der Waals surface area contributed by atoms with Gasteiger partial charge >= 0.3 is 0 Å². The number of hydrogen-bond acceptors (Lipinski definition) is 1. The average molecular weight is 198 g/mol. The Morgan fingerprint density at radius 2 is 1.36 bits per heavy atom. The van der Waals surface area contributed by atoms with Gasteiger partial charge in [0.1, 0.15) is 0 Å². The first-order chi connectivity index (χ1) is 6.91. The summed E-state index contributed by atoms with van der Waals surface area (Å²) in [6, 6.07) is 0. The van der Waals surface area contributed by atoms with Gasteiger partial charge in [-0.1, -0.05) is 44.8 Å². The molecular weight excluding hydrogens is 172 g/mol. The van der Waals surface area contributed by atoms with E-state index in [0.29, 0.717) is 6.61 Å². The highest BCUT2D eigenvalue weighted by Gasteiger charge is 1.86. The lowest BCUT2D eigenvalue weighted by Crippen LogP contribution is -1.81. The summed E-state index contributed by atoms with van der Waals surface area (Å²) in [4.78, 5) is 0. The van der Waals surface area contributed by atoms with Crippen molar-refractivity contribution in [3.05, 3.63) is 12.2 Å². The highest BCUT2D eigenvalue weighted by atomic mass is 16.2. The molecule has 0 heterocycles. The first kappa shape index (κ1) is 13.7. The molecule has 0 bridgehead atoms. The van der Waals surface area contributed by atoms with E-state index in [0.717, 1.165) is 12.8 Å². The Hall–Kier alpha value is -0.300. The van der Waals surface area contributed by atoms with Crippen LogP contribution in [0.3, 0.4) is 0 Å². The van der Waals surface area contributed by atoms with Crippen LogP contribution in [0.15, 0.2) is 12.2 Å². The second-order valence-electron chi connectivity index (χ2n) is 3.89. The van der Waals surface area contributed by atoms with Crippen molar-refractivity contribution in [3.8, 4) is 0 Å². The van der Waals surface area contributed by atoms with Crippen LogP contribution in [0.5, 0.6) is 0 Å². The highest BCUT2D eigenvalue weighted by molar-refractivity contribution is 4.81. The normalized spacial score (nSPS) is 11.3. The summed E-state index contributed by atoms with van der Waals surface area (Å²) in [5.74, 6) is 0. The van der Waals surface area contributed by atoms with Crippen molar-refractivity contribution < 1.29 is 5.11 Å². The Labute approximate surface area is 89.2 Å². The van der Waals surface area contributed by atoms with Crippen molar-refractivity contribution in [3.63, 3.8) is 0 Å². The van der Waals surface area contributed by atoms with E-state index in [2.05, 4.69) is 19.1 Å². The molecule has 0 spiro atoms. The van der Waals surface area contributed by atoms with Crippen molar-refractivity contribution >= 4 is 0 Å². The van der Waals surface area contributed by atoms with Crippen molar-refractivity contribution in [2.24, 2.45) is 0 Å². The summed E-state index contributed by atoms with van der Waals surface area (Å²) in [5, 5.41) is 8.57. The van der Waals surface area contributed by atoms with E-state index in [1.165, 1.54) is 44.9 Å². The molecule has 84 valence electrons. The van der Waals surface area contributed by atoms with Crippen LogP contribution in [0.4, 0.5) is 0 Å². The maximum absolute atomic E-state index is 8.57. The quantitative estimate of drug-likeness (QED) is 0.414. The third-order valence-corrected chi connectivity index (χ3v) is 2.42. The molecule has 0 aromatic heterocycles. The van der Waals surface area contributed by atoms with E-state index in [9.17, 15) is 0 Å². The summed E-state index contributed by atoms with van der Waals surface area (Å²) in [5.41, 5.74) is 0. The molecule has 0 saturated heterocycles. The van der Waals surface area contributed by atoms with E-state index in [-0.39, 0.29) is 0 Å². The van der Waals surface area contributed by atoms with Gasteiger partial charge in [-0.15, -0.1) is 0 Å². The minimum atomic E-state index is 0.348. The average Bonchev–Trinajstić information content (AvgIpc) is 2.21. The van der Waals surface area contributed by atoms with Crippen LogP contribution in [0.25, 0.3) is 0 Å². The third-order valence-electron chi connectivity index (χ3n) is 2.42. The zero-order valence-corrected chi connectivity index (χ0v) is 9.67. The lowest BCUT2D eigenvalue weighted by Gasteiger charge is -1.95. The molecule has 0 aliphatic carbocycles. The van der Waals surface area contributed by atoms with Crippen LogP contribution in [-0.2, 0) is 0 Å². The Morgan fingerprint density at radius 3 is 1.86 bits per heavy atom. The predicted molar refractivity (Wildman–Crippen MR) is 63.5 cm³/mol. The summed E-state index contributed by atoms with van der Waals surface area (Å²) < 4.78 is 0. The van der Waals surface area contributed by atoms with Crippen molar-refractivity contribution in [2.75, 3.05) is 6.61 Å². The summed E-state index contributed by atoms with van der Waals surface area (Å²) >= 11 is 0. The monoisotopic (exact) mass is 198 g/mol. The Bertz CT molecular complexity index is 104. The Morgan fingerprint density at radius 1 is 0.786 bits per heavy atom. The molecule has 0 aromatic rings. The molecule has 0 saturated carbocycles. The van der Waals surface area contributed by atoms with Gasteiger partial charge in [-0.2, -0.15) is 0 Å². The molecule has 0 amide bonds. The number of rotatable bonds is 10. The first-order valence-electron chi connectivity index (χ1n) is 6.17. The van der Waals surface area contributed by atoms with Crippen LogP contribution in [0.2, 0.25) is 0 Å². The highest BCUT2D eigenvalue weighted by Crippen LogP contribution is 2.05. The molecule has 0 fully saturated rings. The van der Waals surface area contributed by atoms with Crippen LogP contribution < -0.4 is 0 Å². The predicted octanol–water partition coefficient (Wildman–Crippen LogP) is 4.07. The minimum absolute atomic E-state index is 0.348. The van der Waals surface area contributed by atoms with E-state index in [4.69, 9.17) is 5.11 Å². The molecule has 0 aliphatic heterocycles. The summed E-state index contributed by atoms with van der Waals surface area (Å²) in [6.07, 6.45) is 15.8. The van der Waals surface area contributed by atoms with E-state index in [1.807, 2.05) is 0 Å². The molecule has 0 atom stereocenters. The second kappa shape index (κ2) is 12.7. The molecule has 0 aromatic carbocycles. The van der Waals surface area contributed by atoms with Gasteiger partial charge < -0.3 is 5.11 Å². The Kier molecular flexibility index (Phi) is 12.4. The van der Waals surface area contributed by atoms with Gasteiger partial charge in [0.2, 0.25) is 0 Å². The van der Waals surface area contributed by atoms with Gasteiger partial charge in [0.05, 0.1) is 0 Å². The summed E-state index contributed by atoms with van der Waals surface area (Å²) in [6.45, 7) is 2.59. The van der Waals surface area contributed by atoms with E-state index >= 15 is 0 Å². The fraction of sp³-hybridized carbons (Fsp3) is 0.846. The molecule has 1 nitrogen and oxygen atoms in total. The smallest absolute Gasteiger partial charge is 0.0431 e. The lowest BCUT2D eigenvalue weighted by atomic mass is 10.1. The molecule has 0 aliphatic rings. The third kappa shape index (κ3) is 11.7. The van der Waals surface area contributed by atoms with E-state index < -0.39 is 0 Å². The number of unbranched alkanes of at least 4 members (excludes halogenated alkanes) is 7. The molecule has 0 unspecified atom stereocenters. The molecule has 0 radical (unpaired) electrons. The number of aliphatic hydroxyl groups excluding tert-OH is 1. The molecule has 1 N–H and O–H groups in total. The van der Waals surface area contributed by atoms with E-state index in [1.54, 1.807) is 0 Å². The minimum Gasteiger partial charge on any atom is -0.396 e.